The van der Waals surface area contributed by atoms with Gasteiger partial charge in [-0.15, -0.1) is 0 Å². The minimum Gasteiger partial charge on any atom is -0.508 e. The second-order valence-corrected chi connectivity index (χ2v) is 6.41. The van der Waals surface area contributed by atoms with Crippen molar-refractivity contribution in [2.75, 3.05) is 42.9 Å². The molecule has 2 aromatic carbocycles. The van der Waals surface area contributed by atoms with Crippen molar-refractivity contribution in [2.45, 2.75) is 0 Å². The summed E-state index contributed by atoms with van der Waals surface area (Å²) in [5.74, 6) is -0.735. The molecule has 0 spiro atoms. The molecule has 1 heterocycles. The molecule has 142 valence electrons. The fraction of sp³-hybridized carbons (Fsp3) is 0.263. The zero-order chi connectivity index (χ0) is 19.2. The third-order valence-electron chi connectivity index (χ3n) is 4.47. The number of quaternary nitrogens is 1. The van der Waals surface area contributed by atoms with E-state index >= 15 is 0 Å². The molecule has 1 saturated heterocycles. The van der Waals surface area contributed by atoms with Gasteiger partial charge in [0.2, 0.25) is 0 Å². The normalized spacial score (nSPS) is 14.6. The van der Waals surface area contributed by atoms with Gasteiger partial charge in [-0.05, 0) is 36.4 Å². The van der Waals surface area contributed by atoms with Crippen LogP contribution in [-0.2, 0) is 4.79 Å². The number of halogens is 1. The maximum Gasteiger partial charge on any atom is 0.326 e. The van der Waals surface area contributed by atoms with E-state index in [2.05, 4.69) is 15.5 Å². The molecule has 4 N–H and O–H groups in total. The van der Waals surface area contributed by atoms with Crippen molar-refractivity contribution in [2.24, 2.45) is 0 Å². The van der Waals surface area contributed by atoms with E-state index in [0.717, 1.165) is 36.8 Å². The molecule has 0 bridgehead atoms. The van der Waals surface area contributed by atoms with Crippen LogP contribution in [0.5, 0.6) is 5.75 Å². The number of piperazine rings is 1. The lowest BCUT2D eigenvalue weighted by Crippen LogP contribution is -3.16. The van der Waals surface area contributed by atoms with Crippen LogP contribution in [0, 0.1) is 5.82 Å². The standard InChI is InChI=1S/C19H21FN4O3/c20-16-3-1-2-4-17(16)21-19(27)22-18(26)13-23-9-11-24(12-10-23)14-5-7-15(25)8-6-14/h1-8,25H,9-13H2,(H2,21,22,26,27)/p+1. The molecule has 3 rings (SSSR count). The van der Waals surface area contributed by atoms with Crippen molar-refractivity contribution in [1.82, 2.24) is 5.32 Å². The van der Waals surface area contributed by atoms with Crippen molar-refractivity contribution in [3.63, 3.8) is 0 Å². The van der Waals surface area contributed by atoms with E-state index in [1.54, 1.807) is 18.2 Å². The molecular weight excluding hydrogens is 351 g/mol. The minimum atomic E-state index is -0.743. The summed E-state index contributed by atoms with van der Waals surface area (Å²) in [4.78, 5) is 27.1. The topological polar surface area (TPSA) is 86.1 Å². The Morgan fingerprint density at radius 1 is 1.07 bits per heavy atom. The van der Waals surface area contributed by atoms with Gasteiger partial charge in [-0.3, -0.25) is 10.1 Å². The number of anilines is 2. The average Bonchev–Trinajstić information content (AvgIpc) is 2.65. The molecule has 0 unspecified atom stereocenters. The number of imide groups is 1. The van der Waals surface area contributed by atoms with Crippen LogP contribution in [0.3, 0.4) is 0 Å². The highest BCUT2D eigenvalue weighted by Gasteiger charge is 2.23. The summed E-state index contributed by atoms with van der Waals surface area (Å²) < 4.78 is 13.5. The first-order valence-electron chi connectivity index (χ1n) is 8.74. The Labute approximate surface area is 156 Å². The van der Waals surface area contributed by atoms with Crippen LogP contribution < -0.4 is 20.4 Å². The van der Waals surface area contributed by atoms with E-state index in [1.807, 2.05) is 12.1 Å². The van der Waals surface area contributed by atoms with Crippen LogP contribution >= 0.6 is 0 Å². The first-order chi connectivity index (χ1) is 13.0. The van der Waals surface area contributed by atoms with Crippen LogP contribution in [0.25, 0.3) is 0 Å². The van der Waals surface area contributed by atoms with Crippen molar-refractivity contribution in [3.05, 3.63) is 54.3 Å². The van der Waals surface area contributed by atoms with Gasteiger partial charge < -0.3 is 20.2 Å². The molecule has 1 aliphatic rings. The summed E-state index contributed by atoms with van der Waals surface area (Å²) in [6.07, 6.45) is 0. The van der Waals surface area contributed by atoms with E-state index in [-0.39, 0.29) is 18.0 Å². The largest absolute Gasteiger partial charge is 0.508 e. The smallest absolute Gasteiger partial charge is 0.326 e. The van der Waals surface area contributed by atoms with Gasteiger partial charge in [0.25, 0.3) is 5.91 Å². The zero-order valence-electron chi connectivity index (χ0n) is 14.7. The van der Waals surface area contributed by atoms with Gasteiger partial charge in [-0.2, -0.15) is 0 Å². The van der Waals surface area contributed by atoms with Crippen molar-refractivity contribution >= 4 is 23.3 Å². The Kier molecular flexibility index (Phi) is 5.87. The molecule has 0 aliphatic carbocycles. The van der Waals surface area contributed by atoms with Crippen molar-refractivity contribution in [3.8, 4) is 5.75 Å². The summed E-state index contributed by atoms with van der Waals surface area (Å²) in [6.45, 7) is 3.23. The van der Waals surface area contributed by atoms with E-state index in [0.29, 0.717) is 0 Å². The molecule has 8 heteroatoms. The Bertz CT molecular complexity index is 805. The van der Waals surface area contributed by atoms with Crippen LogP contribution in [0.4, 0.5) is 20.6 Å². The quantitative estimate of drug-likeness (QED) is 0.632. The molecule has 27 heavy (non-hydrogen) atoms. The lowest BCUT2D eigenvalue weighted by molar-refractivity contribution is -0.892. The molecule has 0 radical (unpaired) electrons. The Morgan fingerprint density at radius 2 is 1.74 bits per heavy atom. The number of urea groups is 1. The monoisotopic (exact) mass is 373 g/mol. The van der Waals surface area contributed by atoms with Crippen molar-refractivity contribution < 1.29 is 24.0 Å². The molecule has 0 saturated carbocycles. The molecular formula is C19H22FN4O3+. The predicted molar refractivity (Wildman–Crippen MR) is 99.4 cm³/mol. The molecule has 7 nitrogen and oxygen atoms in total. The number of phenolic OH excluding ortho intramolecular Hbond substituents is 1. The summed E-state index contributed by atoms with van der Waals surface area (Å²) in [6, 6.07) is 12.0. The van der Waals surface area contributed by atoms with E-state index in [1.165, 1.54) is 18.2 Å². The SMILES string of the molecule is O=C(C[NH+]1CCN(c2ccc(O)cc2)CC1)NC(=O)Nc1ccccc1F. The number of nitrogens with one attached hydrogen (secondary N) is 3. The number of aromatic hydroxyl groups is 1. The van der Waals surface area contributed by atoms with Gasteiger partial charge in [0.15, 0.2) is 6.54 Å². The molecule has 0 aromatic heterocycles. The molecule has 2 aromatic rings. The average molecular weight is 373 g/mol. The number of nitrogens with zero attached hydrogens (tertiary/aromatic N) is 1. The van der Waals surface area contributed by atoms with E-state index in [4.69, 9.17) is 0 Å². The fourth-order valence-corrected chi connectivity index (χ4v) is 3.04. The van der Waals surface area contributed by atoms with E-state index < -0.39 is 17.8 Å². The Hall–Kier alpha value is -3.13. The third-order valence-corrected chi connectivity index (χ3v) is 4.47. The first kappa shape index (κ1) is 18.7. The number of benzene rings is 2. The minimum absolute atomic E-state index is 0.0256. The lowest BCUT2D eigenvalue weighted by atomic mass is 10.2. The second kappa shape index (κ2) is 8.50. The highest BCUT2D eigenvalue weighted by Crippen LogP contribution is 2.18. The third kappa shape index (κ3) is 5.18. The van der Waals surface area contributed by atoms with Gasteiger partial charge >= 0.3 is 6.03 Å². The number of rotatable bonds is 4. The zero-order valence-corrected chi connectivity index (χ0v) is 14.7. The number of carbonyl (C=O) groups excluding carboxylic acids is 2. The van der Waals surface area contributed by atoms with Crippen LogP contribution in [-0.4, -0.2) is 49.8 Å². The summed E-state index contributed by atoms with van der Waals surface area (Å²) in [7, 11) is 0. The number of phenols is 1. The Balaban J connectivity index is 1.43. The maximum absolute atomic E-state index is 13.5. The van der Waals surface area contributed by atoms with Gasteiger partial charge in [0.1, 0.15) is 11.6 Å². The van der Waals surface area contributed by atoms with Crippen LogP contribution in [0.15, 0.2) is 48.5 Å². The van der Waals surface area contributed by atoms with Gasteiger partial charge in [0.05, 0.1) is 31.9 Å². The predicted octanol–water partition coefficient (Wildman–Crippen LogP) is 0.585. The molecule has 1 aliphatic heterocycles. The van der Waals surface area contributed by atoms with Gasteiger partial charge in [-0.25, -0.2) is 9.18 Å². The Morgan fingerprint density at radius 3 is 2.41 bits per heavy atom. The summed E-state index contributed by atoms with van der Waals surface area (Å²) in [5.41, 5.74) is 1.05. The highest BCUT2D eigenvalue weighted by molar-refractivity contribution is 6.01. The van der Waals surface area contributed by atoms with Gasteiger partial charge in [-0.1, -0.05) is 12.1 Å². The second-order valence-electron chi connectivity index (χ2n) is 6.41. The number of amides is 3. The summed E-state index contributed by atoms with van der Waals surface area (Å²) >= 11 is 0. The number of hydrogen-bond donors (Lipinski definition) is 4. The van der Waals surface area contributed by atoms with E-state index in [9.17, 15) is 19.1 Å². The van der Waals surface area contributed by atoms with Crippen LogP contribution in [0.1, 0.15) is 0 Å². The molecule has 0 atom stereocenters. The van der Waals surface area contributed by atoms with Crippen LogP contribution in [0.2, 0.25) is 0 Å². The maximum atomic E-state index is 13.5. The van der Waals surface area contributed by atoms with Crippen molar-refractivity contribution in [1.29, 1.82) is 0 Å². The molecule has 1 fully saturated rings. The number of para-hydroxylation sites is 1. The van der Waals surface area contributed by atoms with Gasteiger partial charge in [0, 0.05) is 5.69 Å². The highest BCUT2D eigenvalue weighted by atomic mass is 19.1. The lowest BCUT2D eigenvalue weighted by Gasteiger charge is -2.33. The molecule has 3 amide bonds. The first-order valence-corrected chi connectivity index (χ1v) is 8.74. The fourth-order valence-electron chi connectivity index (χ4n) is 3.04. The number of hydrogen-bond acceptors (Lipinski definition) is 4. The number of carbonyl (C=O) groups is 2. The summed E-state index contributed by atoms with van der Waals surface area (Å²) in [5, 5.41) is 13.9.